The number of nitrogens with one attached hydrogen (secondary N) is 1. The van der Waals surface area contributed by atoms with E-state index in [4.69, 9.17) is 0 Å². The quantitative estimate of drug-likeness (QED) is 0.705. The Morgan fingerprint density at radius 3 is 2.68 bits per heavy atom. The summed E-state index contributed by atoms with van der Waals surface area (Å²) < 4.78 is 1.67. The molecule has 3 aromatic rings. The van der Waals surface area contributed by atoms with Crippen LogP contribution in [0.5, 0.6) is 0 Å². The van der Waals surface area contributed by atoms with E-state index in [9.17, 15) is 9.59 Å². The Balaban J connectivity index is 1.58. The summed E-state index contributed by atoms with van der Waals surface area (Å²) in [6, 6.07) is 9.39. The van der Waals surface area contributed by atoms with Gasteiger partial charge in [0.25, 0.3) is 5.56 Å². The molecule has 0 aliphatic heterocycles. The SMILES string of the molecule is CCCCn1cnc2ccc(-c3ccc(NC(=O)C4CCC4)nc3)cc2c1=O. The molecule has 1 amide bonds. The van der Waals surface area contributed by atoms with Gasteiger partial charge in [-0.25, -0.2) is 9.97 Å². The van der Waals surface area contributed by atoms with Crippen LogP contribution in [-0.2, 0) is 11.3 Å². The first-order chi connectivity index (χ1) is 13.7. The number of rotatable bonds is 6. The van der Waals surface area contributed by atoms with Gasteiger partial charge in [0, 0.05) is 24.2 Å². The molecule has 144 valence electrons. The van der Waals surface area contributed by atoms with E-state index in [1.54, 1.807) is 23.2 Å². The number of unbranched alkanes of at least 4 members (excludes halogenated alkanes) is 1. The van der Waals surface area contributed by atoms with Crippen LogP contribution in [-0.4, -0.2) is 20.4 Å². The summed E-state index contributed by atoms with van der Waals surface area (Å²) >= 11 is 0. The third-order valence-electron chi connectivity index (χ3n) is 5.40. The van der Waals surface area contributed by atoms with Gasteiger partial charge >= 0.3 is 0 Å². The summed E-state index contributed by atoms with van der Waals surface area (Å²) in [6.07, 6.45) is 8.38. The average molecular weight is 376 g/mol. The zero-order valence-corrected chi connectivity index (χ0v) is 16.0. The van der Waals surface area contributed by atoms with Crippen molar-refractivity contribution in [3.63, 3.8) is 0 Å². The van der Waals surface area contributed by atoms with Crippen LogP contribution in [0.15, 0.2) is 47.7 Å². The molecular weight excluding hydrogens is 352 g/mol. The van der Waals surface area contributed by atoms with Crippen molar-refractivity contribution >= 4 is 22.6 Å². The zero-order valence-electron chi connectivity index (χ0n) is 16.0. The number of aryl methyl sites for hydroxylation is 1. The van der Waals surface area contributed by atoms with Gasteiger partial charge in [-0.1, -0.05) is 25.8 Å². The fourth-order valence-corrected chi connectivity index (χ4v) is 3.36. The molecule has 1 aromatic carbocycles. The number of amides is 1. The van der Waals surface area contributed by atoms with Crippen molar-refractivity contribution in [3.05, 3.63) is 53.2 Å². The normalized spacial score (nSPS) is 14.0. The number of aromatic nitrogens is 3. The smallest absolute Gasteiger partial charge is 0.261 e. The van der Waals surface area contributed by atoms with Gasteiger partial charge in [-0.05, 0) is 49.1 Å². The van der Waals surface area contributed by atoms with Crippen LogP contribution in [0.4, 0.5) is 5.82 Å². The molecule has 0 spiro atoms. The van der Waals surface area contributed by atoms with E-state index >= 15 is 0 Å². The van der Waals surface area contributed by atoms with Crippen molar-refractivity contribution in [1.82, 2.24) is 14.5 Å². The highest BCUT2D eigenvalue weighted by atomic mass is 16.2. The molecule has 4 rings (SSSR count). The van der Waals surface area contributed by atoms with Crippen LogP contribution < -0.4 is 10.9 Å². The first-order valence-electron chi connectivity index (χ1n) is 9.92. The van der Waals surface area contributed by atoms with Crippen LogP contribution in [0.1, 0.15) is 39.0 Å². The molecule has 0 saturated heterocycles. The Labute approximate surface area is 163 Å². The minimum Gasteiger partial charge on any atom is -0.310 e. The second kappa shape index (κ2) is 7.92. The summed E-state index contributed by atoms with van der Waals surface area (Å²) in [7, 11) is 0. The third-order valence-corrected chi connectivity index (χ3v) is 5.40. The van der Waals surface area contributed by atoms with Crippen LogP contribution in [0.25, 0.3) is 22.0 Å². The van der Waals surface area contributed by atoms with E-state index in [-0.39, 0.29) is 17.4 Å². The molecule has 1 aliphatic carbocycles. The topological polar surface area (TPSA) is 76.9 Å². The van der Waals surface area contributed by atoms with E-state index < -0.39 is 0 Å². The Morgan fingerprint density at radius 1 is 1.18 bits per heavy atom. The molecule has 6 heteroatoms. The maximum atomic E-state index is 12.8. The maximum absolute atomic E-state index is 12.8. The van der Waals surface area contributed by atoms with Crippen LogP contribution in [0.2, 0.25) is 0 Å². The summed E-state index contributed by atoms with van der Waals surface area (Å²) in [4.78, 5) is 33.6. The predicted molar refractivity (Wildman–Crippen MR) is 110 cm³/mol. The molecule has 1 fully saturated rings. The van der Waals surface area contributed by atoms with E-state index in [1.165, 1.54) is 0 Å². The molecule has 28 heavy (non-hydrogen) atoms. The molecule has 0 atom stereocenters. The van der Waals surface area contributed by atoms with Crippen molar-refractivity contribution in [2.24, 2.45) is 5.92 Å². The van der Waals surface area contributed by atoms with Crippen molar-refractivity contribution < 1.29 is 4.79 Å². The summed E-state index contributed by atoms with van der Waals surface area (Å²) in [5, 5.41) is 3.48. The van der Waals surface area contributed by atoms with Gasteiger partial charge in [0.05, 0.1) is 17.2 Å². The Morgan fingerprint density at radius 2 is 2.00 bits per heavy atom. The standard InChI is InChI=1S/C22H24N4O2/c1-2-3-11-26-14-24-19-9-7-16(12-18(19)22(26)28)17-8-10-20(23-13-17)25-21(27)15-5-4-6-15/h7-10,12-15H,2-6,11H2,1H3,(H,23,25,27). The first kappa shape index (κ1) is 18.3. The van der Waals surface area contributed by atoms with E-state index in [2.05, 4.69) is 22.2 Å². The second-order valence-electron chi connectivity index (χ2n) is 7.38. The van der Waals surface area contributed by atoms with Gasteiger partial charge in [-0.15, -0.1) is 0 Å². The summed E-state index contributed by atoms with van der Waals surface area (Å²) in [5.41, 5.74) is 2.48. The van der Waals surface area contributed by atoms with Crippen molar-refractivity contribution in [1.29, 1.82) is 0 Å². The molecule has 2 aromatic heterocycles. The first-order valence-corrected chi connectivity index (χ1v) is 9.92. The molecule has 0 unspecified atom stereocenters. The minimum atomic E-state index is -0.0161. The largest absolute Gasteiger partial charge is 0.310 e. The highest BCUT2D eigenvalue weighted by Crippen LogP contribution is 2.28. The lowest BCUT2D eigenvalue weighted by molar-refractivity contribution is -0.122. The predicted octanol–water partition coefficient (Wildman–Crippen LogP) is 4.00. The van der Waals surface area contributed by atoms with Gasteiger partial charge in [0.2, 0.25) is 5.91 Å². The van der Waals surface area contributed by atoms with Crippen molar-refractivity contribution in [3.8, 4) is 11.1 Å². The average Bonchev–Trinajstić information content (AvgIpc) is 2.66. The lowest BCUT2D eigenvalue weighted by atomic mass is 9.85. The lowest BCUT2D eigenvalue weighted by Crippen LogP contribution is -2.28. The van der Waals surface area contributed by atoms with Crippen molar-refractivity contribution in [2.45, 2.75) is 45.6 Å². The molecular formula is C22H24N4O2. The van der Waals surface area contributed by atoms with E-state index in [0.29, 0.717) is 23.3 Å². The van der Waals surface area contributed by atoms with E-state index in [1.807, 2.05) is 24.3 Å². The molecule has 6 nitrogen and oxygen atoms in total. The zero-order chi connectivity index (χ0) is 19.5. The van der Waals surface area contributed by atoms with Gasteiger partial charge in [-0.3, -0.25) is 14.2 Å². The third kappa shape index (κ3) is 3.67. The molecule has 0 bridgehead atoms. The molecule has 1 aliphatic rings. The highest BCUT2D eigenvalue weighted by Gasteiger charge is 2.25. The lowest BCUT2D eigenvalue weighted by Gasteiger charge is -2.23. The number of hydrogen-bond donors (Lipinski definition) is 1. The number of carbonyl (C=O) groups is 1. The van der Waals surface area contributed by atoms with Gasteiger partial charge in [-0.2, -0.15) is 0 Å². The molecule has 0 radical (unpaired) electrons. The number of pyridine rings is 1. The van der Waals surface area contributed by atoms with Crippen molar-refractivity contribution in [2.75, 3.05) is 5.32 Å². The van der Waals surface area contributed by atoms with E-state index in [0.717, 1.165) is 43.2 Å². The fraction of sp³-hybridized carbons (Fsp3) is 0.364. The summed E-state index contributed by atoms with van der Waals surface area (Å²) in [6.45, 7) is 2.78. The fourth-order valence-electron chi connectivity index (χ4n) is 3.36. The number of fused-ring (bicyclic) bond motifs is 1. The Kier molecular flexibility index (Phi) is 5.19. The summed E-state index contributed by atoms with van der Waals surface area (Å²) in [5.74, 6) is 0.741. The Bertz CT molecular complexity index is 1050. The van der Waals surface area contributed by atoms with Crippen LogP contribution >= 0.6 is 0 Å². The number of benzene rings is 1. The molecule has 2 heterocycles. The van der Waals surface area contributed by atoms with Gasteiger partial charge < -0.3 is 5.32 Å². The van der Waals surface area contributed by atoms with Crippen LogP contribution in [0.3, 0.4) is 0 Å². The Hall–Kier alpha value is -3.02. The second-order valence-corrected chi connectivity index (χ2v) is 7.38. The highest BCUT2D eigenvalue weighted by molar-refractivity contribution is 5.92. The molecule has 1 N–H and O–H groups in total. The van der Waals surface area contributed by atoms with Gasteiger partial charge in [0.1, 0.15) is 5.82 Å². The van der Waals surface area contributed by atoms with Crippen LogP contribution in [0, 0.1) is 5.92 Å². The number of carbonyl (C=O) groups excluding carboxylic acids is 1. The maximum Gasteiger partial charge on any atom is 0.261 e. The van der Waals surface area contributed by atoms with Gasteiger partial charge in [0.15, 0.2) is 0 Å². The molecule has 1 saturated carbocycles. The number of anilines is 1. The number of nitrogens with zero attached hydrogens (tertiary/aromatic N) is 3. The minimum absolute atomic E-state index is 0.0161. The monoisotopic (exact) mass is 376 g/mol. The number of hydrogen-bond acceptors (Lipinski definition) is 4.